The second kappa shape index (κ2) is 7.28. The van der Waals surface area contributed by atoms with E-state index in [9.17, 15) is 13.4 Å². The maximum atomic E-state index is 14.8. The molecule has 1 amide bonds. The van der Waals surface area contributed by atoms with Crippen LogP contribution in [-0.2, 0) is 21.0 Å². The van der Waals surface area contributed by atoms with Crippen LogP contribution in [0, 0.1) is 10.6 Å². The number of cyclic esters (lactones) is 1. The zero-order valence-electron chi connectivity index (χ0n) is 15.5. The lowest BCUT2D eigenvalue weighted by molar-refractivity contribution is 0.129. The molecule has 4 rings (SSSR count). The van der Waals surface area contributed by atoms with Crippen molar-refractivity contribution in [1.82, 2.24) is 15.0 Å². The molecule has 10 heteroatoms. The third kappa shape index (κ3) is 3.97. The molecule has 1 aliphatic heterocycles. The first kappa shape index (κ1) is 19.1. The Kier molecular flexibility index (Phi) is 4.79. The SMILES string of the molecule is CS(=N)(=O)c1ccc(-c2ccc(N3C[C@H](Cn4ccnn4)OC3=O)cc2F)cc1. The largest absolute Gasteiger partial charge is 0.442 e. The van der Waals surface area contributed by atoms with E-state index in [0.29, 0.717) is 28.3 Å². The molecule has 1 saturated heterocycles. The smallest absolute Gasteiger partial charge is 0.414 e. The molecule has 0 bridgehead atoms. The summed E-state index contributed by atoms with van der Waals surface area (Å²) in [6.07, 6.45) is 3.60. The predicted octanol–water partition coefficient (Wildman–Crippen LogP) is 3.15. The van der Waals surface area contributed by atoms with Gasteiger partial charge >= 0.3 is 6.09 Å². The Balaban J connectivity index is 1.53. The molecule has 0 radical (unpaired) electrons. The van der Waals surface area contributed by atoms with Crippen LogP contribution in [-0.4, -0.2) is 44.2 Å². The minimum atomic E-state index is -2.82. The van der Waals surface area contributed by atoms with Gasteiger partial charge in [-0.3, -0.25) is 4.90 Å². The molecule has 1 aliphatic rings. The molecule has 29 heavy (non-hydrogen) atoms. The topological polar surface area (TPSA) is 101 Å². The molecule has 0 spiro atoms. The van der Waals surface area contributed by atoms with Crippen molar-refractivity contribution in [3.63, 3.8) is 0 Å². The molecule has 2 aromatic carbocycles. The fraction of sp³-hybridized carbons (Fsp3) is 0.211. The van der Waals surface area contributed by atoms with E-state index in [1.54, 1.807) is 47.3 Å². The molecule has 3 aromatic rings. The van der Waals surface area contributed by atoms with E-state index in [1.165, 1.54) is 23.4 Å². The van der Waals surface area contributed by atoms with Gasteiger partial charge in [-0.1, -0.05) is 17.3 Å². The average Bonchev–Trinajstić information content (AvgIpc) is 3.31. The minimum absolute atomic E-state index is 0.278. The predicted molar refractivity (Wildman–Crippen MR) is 105 cm³/mol. The van der Waals surface area contributed by atoms with Crippen LogP contribution in [0.5, 0.6) is 0 Å². The highest BCUT2D eigenvalue weighted by Gasteiger charge is 2.33. The Labute approximate surface area is 166 Å². The van der Waals surface area contributed by atoms with Crippen LogP contribution < -0.4 is 4.90 Å². The van der Waals surface area contributed by atoms with Crippen LogP contribution in [0.2, 0.25) is 0 Å². The first-order valence-corrected chi connectivity index (χ1v) is 10.7. The molecule has 150 valence electrons. The average molecular weight is 415 g/mol. The maximum absolute atomic E-state index is 14.8. The van der Waals surface area contributed by atoms with Crippen LogP contribution in [0.1, 0.15) is 0 Å². The van der Waals surface area contributed by atoms with Crippen molar-refractivity contribution in [2.75, 3.05) is 17.7 Å². The van der Waals surface area contributed by atoms with Crippen LogP contribution in [0.4, 0.5) is 14.9 Å². The number of amides is 1. The molecular weight excluding hydrogens is 397 g/mol. The number of carbonyl (C=O) groups is 1. The van der Waals surface area contributed by atoms with Gasteiger partial charge in [0.1, 0.15) is 11.9 Å². The summed E-state index contributed by atoms with van der Waals surface area (Å²) in [6, 6.07) is 10.9. The van der Waals surface area contributed by atoms with Gasteiger partial charge in [-0.25, -0.2) is 22.9 Å². The van der Waals surface area contributed by atoms with Gasteiger partial charge < -0.3 is 4.74 Å². The summed E-state index contributed by atoms with van der Waals surface area (Å²) in [6.45, 7) is 0.645. The van der Waals surface area contributed by atoms with Crippen molar-refractivity contribution < 1.29 is 18.1 Å². The number of nitrogens with one attached hydrogen (secondary N) is 1. The van der Waals surface area contributed by atoms with Crippen molar-refractivity contribution in [2.24, 2.45) is 0 Å². The van der Waals surface area contributed by atoms with E-state index in [-0.39, 0.29) is 6.54 Å². The molecule has 1 N–H and O–H groups in total. The van der Waals surface area contributed by atoms with Crippen molar-refractivity contribution >= 4 is 21.5 Å². The van der Waals surface area contributed by atoms with Crippen LogP contribution in [0.15, 0.2) is 59.8 Å². The number of carbonyl (C=O) groups excluding carboxylic acids is 1. The van der Waals surface area contributed by atoms with Gasteiger partial charge in [0, 0.05) is 22.9 Å². The number of benzene rings is 2. The lowest BCUT2D eigenvalue weighted by Crippen LogP contribution is -2.26. The number of hydrogen-bond donors (Lipinski definition) is 1. The summed E-state index contributed by atoms with van der Waals surface area (Å²) >= 11 is 0. The number of aromatic nitrogens is 3. The van der Waals surface area contributed by atoms with E-state index in [4.69, 9.17) is 9.52 Å². The fourth-order valence-electron chi connectivity index (χ4n) is 3.17. The normalized spacial score (nSPS) is 18.5. The maximum Gasteiger partial charge on any atom is 0.414 e. The molecule has 0 saturated carbocycles. The lowest BCUT2D eigenvalue weighted by atomic mass is 10.0. The van der Waals surface area contributed by atoms with E-state index < -0.39 is 27.7 Å². The molecular formula is C19H18FN5O3S. The molecule has 0 aliphatic carbocycles. The third-order valence-corrected chi connectivity index (χ3v) is 5.79. The number of anilines is 1. The molecule has 1 fully saturated rings. The number of nitrogens with zero attached hydrogens (tertiary/aromatic N) is 4. The molecule has 1 aromatic heterocycles. The second-order valence-corrected chi connectivity index (χ2v) is 8.93. The van der Waals surface area contributed by atoms with E-state index in [2.05, 4.69) is 10.3 Å². The zero-order chi connectivity index (χ0) is 20.6. The number of ether oxygens (including phenoxy) is 1. The molecule has 1 unspecified atom stereocenters. The van der Waals surface area contributed by atoms with Crippen LogP contribution in [0.25, 0.3) is 11.1 Å². The Morgan fingerprint density at radius 3 is 2.66 bits per heavy atom. The van der Waals surface area contributed by atoms with E-state index >= 15 is 0 Å². The Hall–Kier alpha value is -3.27. The Morgan fingerprint density at radius 1 is 1.28 bits per heavy atom. The summed E-state index contributed by atoms with van der Waals surface area (Å²) in [5.41, 5.74) is 1.34. The second-order valence-electron chi connectivity index (χ2n) is 6.77. The number of halogens is 1. The van der Waals surface area contributed by atoms with E-state index in [0.717, 1.165) is 0 Å². The van der Waals surface area contributed by atoms with Crippen molar-refractivity contribution in [3.05, 3.63) is 60.7 Å². The van der Waals surface area contributed by atoms with Crippen molar-refractivity contribution in [3.8, 4) is 11.1 Å². The monoisotopic (exact) mass is 415 g/mol. The summed E-state index contributed by atoms with van der Waals surface area (Å²) in [5.74, 6) is -0.495. The summed E-state index contributed by atoms with van der Waals surface area (Å²) in [7, 11) is -2.82. The third-order valence-electron chi connectivity index (χ3n) is 4.62. The quantitative estimate of drug-likeness (QED) is 0.690. The highest BCUT2D eigenvalue weighted by molar-refractivity contribution is 7.91. The zero-order valence-corrected chi connectivity index (χ0v) is 16.3. The molecule has 8 nitrogen and oxygen atoms in total. The van der Waals surface area contributed by atoms with Gasteiger partial charge in [0.2, 0.25) is 0 Å². The molecule has 2 heterocycles. The molecule has 2 atom stereocenters. The van der Waals surface area contributed by atoms with Gasteiger partial charge in [-0.15, -0.1) is 5.10 Å². The van der Waals surface area contributed by atoms with Crippen LogP contribution in [0.3, 0.4) is 0 Å². The first-order valence-electron chi connectivity index (χ1n) is 8.77. The van der Waals surface area contributed by atoms with Gasteiger partial charge in [0.05, 0.1) is 34.7 Å². The van der Waals surface area contributed by atoms with Crippen molar-refractivity contribution in [2.45, 2.75) is 17.5 Å². The summed E-state index contributed by atoms with van der Waals surface area (Å²) < 4.78 is 41.1. The first-order chi connectivity index (χ1) is 13.8. The highest BCUT2D eigenvalue weighted by Crippen LogP contribution is 2.30. The summed E-state index contributed by atoms with van der Waals surface area (Å²) in [5, 5.41) is 7.56. The van der Waals surface area contributed by atoms with Gasteiger partial charge in [-0.2, -0.15) is 0 Å². The lowest BCUT2D eigenvalue weighted by Gasteiger charge is -2.14. The van der Waals surface area contributed by atoms with E-state index in [1.807, 2.05) is 0 Å². The van der Waals surface area contributed by atoms with Crippen LogP contribution >= 0.6 is 0 Å². The van der Waals surface area contributed by atoms with Gasteiger partial charge in [0.25, 0.3) is 0 Å². The Bertz CT molecular complexity index is 1150. The Morgan fingerprint density at radius 2 is 2.03 bits per heavy atom. The number of hydrogen-bond acceptors (Lipinski definition) is 6. The summed E-state index contributed by atoms with van der Waals surface area (Å²) in [4.78, 5) is 14.0. The van der Waals surface area contributed by atoms with Gasteiger partial charge in [0.15, 0.2) is 0 Å². The standard InChI is InChI=1S/C19H18FN5O3S/c1-29(21,27)16-5-2-13(3-6-16)17-7-4-14(10-18(17)20)25-12-15(28-19(25)26)11-24-9-8-22-23-24/h2-10,15,21H,11-12H2,1H3/t15-,29?/m0/s1. The highest BCUT2D eigenvalue weighted by atomic mass is 32.2. The van der Waals surface area contributed by atoms with Gasteiger partial charge in [-0.05, 0) is 35.9 Å². The van der Waals surface area contributed by atoms with Crippen molar-refractivity contribution in [1.29, 1.82) is 4.78 Å². The fourth-order valence-corrected chi connectivity index (χ4v) is 3.82. The minimum Gasteiger partial charge on any atom is -0.442 e. The number of rotatable bonds is 5.